The lowest BCUT2D eigenvalue weighted by atomic mass is 10.1. The van der Waals surface area contributed by atoms with Crippen LogP contribution in [0.25, 0.3) is 0 Å². The van der Waals surface area contributed by atoms with Crippen molar-refractivity contribution in [3.05, 3.63) is 0 Å². The smallest absolute Gasteiger partial charge is 0.0639 e. The van der Waals surface area contributed by atoms with Crippen molar-refractivity contribution in [2.75, 3.05) is 33.8 Å². The summed E-state index contributed by atoms with van der Waals surface area (Å²) in [5.41, 5.74) is 5.39. The Labute approximate surface area is 75.9 Å². The lowest BCUT2D eigenvalue weighted by Crippen LogP contribution is -2.31. The molecule has 0 aromatic rings. The maximum Gasteiger partial charge on any atom is 0.0639 e. The number of hydrogen-bond acceptors (Lipinski definition) is 3. The van der Waals surface area contributed by atoms with Crippen molar-refractivity contribution < 1.29 is 4.74 Å². The second-order valence-electron chi connectivity index (χ2n) is 3.95. The van der Waals surface area contributed by atoms with E-state index in [-0.39, 0.29) is 5.60 Å². The van der Waals surface area contributed by atoms with Crippen LogP contribution in [0.3, 0.4) is 0 Å². The van der Waals surface area contributed by atoms with Crippen LogP contribution in [0, 0.1) is 0 Å². The van der Waals surface area contributed by atoms with Crippen LogP contribution in [0.5, 0.6) is 0 Å². The van der Waals surface area contributed by atoms with Crippen LogP contribution in [-0.4, -0.2) is 44.3 Å². The molecule has 3 nitrogen and oxygen atoms in total. The monoisotopic (exact) mass is 174 g/mol. The summed E-state index contributed by atoms with van der Waals surface area (Å²) in [5.74, 6) is 0. The van der Waals surface area contributed by atoms with E-state index in [0.29, 0.717) is 6.54 Å². The molecule has 0 spiro atoms. The average molecular weight is 174 g/mol. The van der Waals surface area contributed by atoms with Crippen molar-refractivity contribution in [1.29, 1.82) is 0 Å². The standard InChI is InChI=1S/C9H22N2O/c1-9(2,5-6-10)12-8-7-11(3)4/h5-8,10H2,1-4H3. The molecule has 0 radical (unpaired) electrons. The van der Waals surface area contributed by atoms with Crippen LogP contribution in [0.15, 0.2) is 0 Å². The van der Waals surface area contributed by atoms with Crippen LogP contribution >= 0.6 is 0 Å². The zero-order valence-corrected chi connectivity index (χ0v) is 8.76. The van der Waals surface area contributed by atoms with Gasteiger partial charge in [0.1, 0.15) is 0 Å². The van der Waals surface area contributed by atoms with Crippen molar-refractivity contribution in [1.82, 2.24) is 4.90 Å². The van der Waals surface area contributed by atoms with E-state index < -0.39 is 0 Å². The number of likely N-dealkylation sites (N-methyl/N-ethyl adjacent to an activating group) is 1. The van der Waals surface area contributed by atoms with Gasteiger partial charge in [-0.3, -0.25) is 0 Å². The highest BCUT2D eigenvalue weighted by molar-refractivity contribution is 4.68. The van der Waals surface area contributed by atoms with Gasteiger partial charge in [0.25, 0.3) is 0 Å². The van der Waals surface area contributed by atoms with Crippen LogP contribution in [0.1, 0.15) is 20.3 Å². The van der Waals surface area contributed by atoms with Gasteiger partial charge in [-0.05, 0) is 40.9 Å². The third kappa shape index (κ3) is 6.58. The molecule has 0 atom stereocenters. The van der Waals surface area contributed by atoms with Gasteiger partial charge < -0.3 is 15.4 Å². The molecule has 0 unspecified atom stereocenters. The lowest BCUT2D eigenvalue weighted by Gasteiger charge is -2.25. The molecule has 0 aromatic heterocycles. The molecule has 0 rings (SSSR count). The molecule has 2 N–H and O–H groups in total. The second-order valence-corrected chi connectivity index (χ2v) is 3.95. The molecule has 0 saturated heterocycles. The van der Waals surface area contributed by atoms with E-state index in [1.807, 2.05) is 14.1 Å². The Balaban J connectivity index is 3.46. The molecule has 0 bridgehead atoms. The predicted molar refractivity (Wildman–Crippen MR) is 52.3 cm³/mol. The first-order valence-electron chi connectivity index (χ1n) is 4.47. The van der Waals surface area contributed by atoms with E-state index in [1.54, 1.807) is 0 Å². The minimum Gasteiger partial charge on any atom is -0.374 e. The highest BCUT2D eigenvalue weighted by Gasteiger charge is 2.16. The highest BCUT2D eigenvalue weighted by atomic mass is 16.5. The van der Waals surface area contributed by atoms with Gasteiger partial charge in [-0.2, -0.15) is 0 Å². The second kappa shape index (κ2) is 5.51. The summed E-state index contributed by atoms with van der Waals surface area (Å²) in [6.07, 6.45) is 0.917. The third-order valence-corrected chi connectivity index (χ3v) is 1.78. The Hall–Kier alpha value is -0.120. The molecule has 0 aliphatic carbocycles. The summed E-state index contributed by atoms with van der Waals surface area (Å²) < 4.78 is 5.66. The summed E-state index contributed by atoms with van der Waals surface area (Å²) in [5, 5.41) is 0. The SMILES string of the molecule is CN(C)CCOC(C)(C)CCN. The highest BCUT2D eigenvalue weighted by Crippen LogP contribution is 2.12. The van der Waals surface area contributed by atoms with Gasteiger partial charge in [-0.1, -0.05) is 0 Å². The van der Waals surface area contributed by atoms with Crippen LogP contribution in [-0.2, 0) is 4.74 Å². The minimum atomic E-state index is -0.0647. The van der Waals surface area contributed by atoms with Gasteiger partial charge in [0, 0.05) is 6.54 Å². The first-order chi connectivity index (χ1) is 5.48. The Bertz CT molecular complexity index is 113. The van der Waals surface area contributed by atoms with E-state index >= 15 is 0 Å². The van der Waals surface area contributed by atoms with Crippen LogP contribution < -0.4 is 5.73 Å². The first-order valence-corrected chi connectivity index (χ1v) is 4.47. The molecule has 0 aliphatic rings. The molecular formula is C9H22N2O. The van der Waals surface area contributed by atoms with Crippen molar-refractivity contribution in [2.45, 2.75) is 25.9 Å². The largest absolute Gasteiger partial charge is 0.374 e. The average Bonchev–Trinajstić information content (AvgIpc) is 1.85. The van der Waals surface area contributed by atoms with E-state index in [0.717, 1.165) is 19.6 Å². The van der Waals surface area contributed by atoms with Crippen molar-refractivity contribution >= 4 is 0 Å². The Morgan fingerprint density at radius 2 is 1.92 bits per heavy atom. The van der Waals surface area contributed by atoms with Gasteiger partial charge >= 0.3 is 0 Å². The van der Waals surface area contributed by atoms with Crippen molar-refractivity contribution in [3.8, 4) is 0 Å². The first kappa shape index (κ1) is 11.9. The van der Waals surface area contributed by atoms with Gasteiger partial charge in [-0.15, -0.1) is 0 Å². The maximum absolute atomic E-state index is 5.66. The molecule has 0 amide bonds. The number of hydrogen-bond donors (Lipinski definition) is 1. The van der Waals surface area contributed by atoms with Gasteiger partial charge in [0.2, 0.25) is 0 Å². The van der Waals surface area contributed by atoms with Gasteiger partial charge in [0.15, 0.2) is 0 Å². The molecular weight excluding hydrogens is 152 g/mol. The van der Waals surface area contributed by atoms with E-state index in [1.165, 1.54) is 0 Å². The van der Waals surface area contributed by atoms with Crippen LogP contribution in [0.2, 0.25) is 0 Å². The number of ether oxygens (including phenoxy) is 1. The quantitative estimate of drug-likeness (QED) is 0.644. The minimum absolute atomic E-state index is 0.0647. The van der Waals surface area contributed by atoms with E-state index in [2.05, 4.69) is 18.7 Å². The summed E-state index contributed by atoms with van der Waals surface area (Å²) in [6, 6.07) is 0. The topological polar surface area (TPSA) is 38.5 Å². The summed E-state index contributed by atoms with van der Waals surface area (Å²) >= 11 is 0. The van der Waals surface area contributed by atoms with Crippen molar-refractivity contribution in [2.24, 2.45) is 5.73 Å². The zero-order chi connectivity index (χ0) is 9.61. The fourth-order valence-electron chi connectivity index (χ4n) is 0.924. The Morgan fingerprint density at radius 3 is 2.33 bits per heavy atom. The normalized spacial score (nSPS) is 12.5. The lowest BCUT2D eigenvalue weighted by molar-refractivity contribution is -0.0265. The molecule has 0 fully saturated rings. The molecule has 74 valence electrons. The summed E-state index contributed by atoms with van der Waals surface area (Å²) in [6.45, 7) is 6.59. The number of nitrogens with zero attached hydrogens (tertiary/aromatic N) is 1. The van der Waals surface area contributed by atoms with Crippen LogP contribution in [0.4, 0.5) is 0 Å². The third-order valence-electron chi connectivity index (χ3n) is 1.78. The Kier molecular flexibility index (Phi) is 5.46. The van der Waals surface area contributed by atoms with Gasteiger partial charge in [-0.25, -0.2) is 0 Å². The molecule has 3 heteroatoms. The summed E-state index contributed by atoms with van der Waals surface area (Å²) in [4.78, 5) is 2.11. The number of nitrogens with two attached hydrogens (primary N) is 1. The summed E-state index contributed by atoms with van der Waals surface area (Å²) in [7, 11) is 4.08. The fourth-order valence-corrected chi connectivity index (χ4v) is 0.924. The van der Waals surface area contributed by atoms with Crippen molar-refractivity contribution in [3.63, 3.8) is 0 Å². The Morgan fingerprint density at radius 1 is 1.33 bits per heavy atom. The maximum atomic E-state index is 5.66. The zero-order valence-electron chi connectivity index (χ0n) is 8.76. The van der Waals surface area contributed by atoms with Gasteiger partial charge in [0.05, 0.1) is 12.2 Å². The molecule has 0 heterocycles. The molecule has 0 saturated carbocycles. The van der Waals surface area contributed by atoms with E-state index in [9.17, 15) is 0 Å². The fraction of sp³-hybridized carbons (Fsp3) is 1.00. The molecule has 12 heavy (non-hydrogen) atoms. The van der Waals surface area contributed by atoms with E-state index in [4.69, 9.17) is 10.5 Å². The molecule has 0 aliphatic heterocycles. The molecule has 0 aromatic carbocycles. The predicted octanol–water partition coefficient (Wildman–Crippen LogP) is 0.692. The number of rotatable bonds is 6.